The van der Waals surface area contributed by atoms with Gasteiger partial charge in [-0.1, -0.05) is 6.92 Å². The Bertz CT molecular complexity index is 131. The van der Waals surface area contributed by atoms with Gasteiger partial charge in [0.05, 0.1) is 0 Å². The summed E-state index contributed by atoms with van der Waals surface area (Å²) in [6.07, 6.45) is -0.760. The molecule has 68 valence electrons. The molecule has 0 aromatic heterocycles. The van der Waals surface area contributed by atoms with Crippen molar-refractivity contribution >= 4 is 23.2 Å². The molecule has 0 heterocycles. The minimum atomic E-state index is -4.07. The SMILES string of the molecule is CCC(F)(F)C(Cl)C(F)(F)Cl. The topological polar surface area (TPSA) is 0 Å². The molecular formula is C5H6Cl2F4. The monoisotopic (exact) mass is 212 g/mol. The molecule has 0 aromatic carbocycles. The van der Waals surface area contributed by atoms with Gasteiger partial charge in [0, 0.05) is 6.42 Å². The van der Waals surface area contributed by atoms with E-state index in [1.165, 1.54) is 0 Å². The Morgan fingerprint density at radius 3 is 1.73 bits per heavy atom. The van der Waals surface area contributed by atoms with Crippen LogP contribution in [0.1, 0.15) is 13.3 Å². The lowest BCUT2D eigenvalue weighted by Crippen LogP contribution is -2.39. The van der Waals surface area contributed by atoms with Crippen molar-refractivity contribution in [3.05, 3.63) is 0 Å². The summed E-state index contributed by atoms with van der Waals surface area (Å²) in [4.78, 5) is 0. The molecule has 0 radical (unpaired) electrons. The van der Waals surface area contributed by atoms with Gasteiger partial charge < -0.3 is 0 Å². The molecule has 0 saturated heterocycles. The van der Waals surface area contributed by atoms with Gasteiger partial charge in [0.25, 0.3) is 5.92 Å². The summed E-state index contributed by atoms with van der Waals surface area (Å²) in [5, 5.41) is -6.72. The zero-order chi connectivity index (χ0) is 9.28. The highest BCUT2D eigenvalue weighted by Crippen LogP contribution is 2.39. The van der Waals surface area contributed by atoms with Crippen molar-refractivity contribution in [3.8, 4) is 0 Å². The van der Waals surface area contributed by atoms with Crippen LogP contribution in [-0.2, 0) is 0 Å². The Balaban J connectivity index is 4.35. The predicted molar refractivity (Wildman–Crippen MR) is 35.7 cm³/mol. The zero-order valence-corrected chi connectivity index (χ0v) is 7.06. The third kappa shape index (κ3) is 3.03. The molecule has 6 heteroatoms. The molecule has 0 spiro atoms. The molecule has 1 unspecified atom stereocenters. The molecule has 1 atom stereocenters. The maximum Gasteiger partial charge on any atom is 0.343 e. The average molecular weight is 213 g/mol. The zero-order valence-electron chi connectivity index (χ0n) is 5.55. The smallest absolute Gasteiger partial charge is 0.205 e. The number of halogens is 6. The van der Waals surface area contributed by atoms with Crippen LogP contribution in [0.3, 0.4) is 0 Å². The van der Waals surface area contributed by atoms with E-state index >= 15 is 0 Å². The van der Waals surface area contributed by atoms with Crippen LogP contribution in [0.4, 0.5) is 17.6 Å². The van der Waals surface area contributed by atoms with Crippen molar-refractivity contribution in [2.24, 2.45) is 0 Å². The first-order valence-electron chi connectivity index (χ1n) is 2.80. The molecule has 0 aromatic rings. The molecular weight excluding hydrogens is 207 g/mol. The van der Waals surface area contributed by atoms with Crippen LogP contribution >= 0.6 is 23.2 Å². The quantitative estimate of drug-likeness (QED) is 0.497. The predicted octanol–water partition coefficient (Wildman–Crippen LogP) is 3.47. The first-order chi connectivity index (χ1) is 4.72. The van der Waals surface area contributed by atoms with Gasteiger partial charge in [-0.15, -0.1) is 11.6 Å². The van der Waals surface area contributed by atoms with Gasteiger partial charge in [-0.25, -0.2) is 8.78 Å². The maximum absolute atomic E-state index is 12.3. The van der Waals surface area contributed by atoms with E-state index < -0.39 is 23.1 Å². The Labute approximate surface area is 71.5 Å². The fraction of sp³-hybridized carbons (Fsp3) is 1.00. The first-order valence-corrected chi connectivity index (χ1v) is 3.62. The normalized spacial score (nSPS) is 16.6. The van der Waals surface area contributed by atoms with Crippen molar-refractivity contribution in [1.29, 1.82) is 0 Å². The van der Waals surface area contributed by atoms with Crippen molar-refractivity contribution in [3.63, 3.8) is 0 Å². The summed E-state index contributed by atoms with van der Waals surface area (Å²) in [5.74, 6) is -3.63. The van der Waals surface area contributed by atoms with E-state index in [0.29, 0.717) is 0 Å². The molecule has 0 nitrogen and oxygen atoms in total. The number of hydrogen-bond donors (Lipinski definition) is 0. The Hall–Kier alpha value is 0.300. The van der Waals surface area contributed by atoms with Gasteiger partial charge in [0.1, 0.15) is 0 Å². The van der Waals surface area contributed by atoms with Crippen LogP contribution < -0.4 is 0 Å². The lowest BCUT2D eigenvalue weighted by molar-refractivity contribution is -0.0668. The van der Waals surface area contributed by atoms with Crippen LogP contribution in [0.15, 0.2) is 0 Å². The van der Waals surface area contributed by atoms with Crippen molar-refractivity contribution in [2.45, 2.75) is 30.0 Å². The molecule has 0 bridgehead atoms. The molecule has 0 aliphatic rings. The number of alkyl halides is 6. The van der Waals surface area contributed by atoms with Crippen LogP contribution in [0.2, 0.25) is 0 Å². The van der Waals surface area contributed by atoms with Crippen LogP contribution in [0, 0.1) is 0 Å². The van der Waals surface area contributed by atoms with Gasteiger partial charge in [-0.3, -0.25) is 0 Å². The Morgan fingerprint density at radius 2 is 1.64 bits per heavy atom. The van der Waals surface area contributed by atoms with E-state index in [9.17, 15) is 17.6 Å². The first kappa shape index (κ1) is 11.3. The van der Waals surface area contributed by atoms with Gasteiger partial charge in [0.2, 0.25) is 0 Å². The lowest BCUT2D eigenvalue weighted by Gasteiger charge is -2.23. The van der Waals surface area contributed by atoms with E-state index in [0.717, 1.165) is 6.92 Å². The molecule has 0 N–H and O–H groups in total. The van der Waals surface area contributed by atoms with Crippen molar-refractivity contribution < 1.29 is 17.6 Å². The summed E-state index contributed by atoms with van der Waals surface area (Å²) in [7, 11) is 0. The van der Waals surface area contributed by atoms with E-state index in [1.54, 1.807) is 0 Å². The van der Waals surface area contributed by atoms with Crippen LogP contribution in [-0.4, -0.2) is 16.7 Å². The molecule has 0 aliphatic carbocycles. The van der Waals surface area contributed by atoms with E-state index in [2.05, 4.69) is 11.6 Å². The maximum atomic E-state index is 12.3. The Morgan fingerprint density at radius 1 is 1.27 bits per heavy atom. The molecule has 0 rings (SSSR count). The van der Waals surface area contributed by atoms with Crippen LogP contribution in [0.5, 0.6) is 0 Å². The van der Waals surface area contributed by atoms with Gasteiger partial charge >= 0.3 is 5.38 Å². The fourth-order valence-corrected chi connectivity index (χ4v) is 0.733. The number of hydrogen-bond acceptors (Lipinski definition) is 0. The van der Waals surface area contributed by atoms with Gasteiger partial charge in [-0.05, 0) is 11.6 Å². The highest BCUT2D eigenvalue weighted by Gasteiger charge is 2.51. The van der Waals surface area contributed by atoms with E-state index in [-0.39, 0.29) is 0 Å². The summed E-state index contributed by atoms with van der Waals surface area (Å²) < 4.78 is 48.6. The summed E-state index contributed by atoms with van der Waals surface area (Å²) in [6, 6.07) is 0. The van der Waals surface area contributed by atoms with E-state index in [1.807, 2.05) is 0 Å². The largest absolute Gasteiger partial charge is 0.343 e. The molecule has 0 saturated carbocycles. The summed E-state index contributed by atoms with van der Waals surface area (Å²) in [5.41, 5.74) is 0. The fourth-order valence-electron chi connectivity index (χ4n) is 0.419. The van der Waals surface area contributed by atoms with Crippen LogP contribution in [0.25, 0.3) is 0 Å². The summed E-state index contributed by atoms with van der Waals surface area (Å²) >= 11 is 9.02. The highest BCUT2D eigenvalue weighted by atomic mass is 35.5. The van der Waals surface area contributed by atoms with Crippen molar-refractivity contribution in [2.75, 3.05) is 0 Å². The minimum absolute atomic E-state index is 0.760. The standard InChI is InChI=1S/C5H6Cl2F4/c1-2-4(8,9)3(6)5(7,10)11/h3H,2H2,1H3. The second-order valence-corrected chi connectivity index (χ2v) is 2.96. The second kappa shape index (κ2) is 3.35. The number of rotatable bonds is 3. The molecule has 0 aliphatic heterocycles. The third-order valence-electron chi connectivity index (χ3n) is 1.13. The lowest BCUT2D eigenvalue weighted by atomic mass is 10.2. The highest BCUT2D eigenvalue weighted by molar-refractivity contribution is 6.31. The second-order valence-electron chi connectivity index (χ2n) is 2.02. The van der Waals surface area contributed by atoms with E-state index in [4.69, 9.17) is 11.6 Å². The molecule has 0 amide bonds. The molecule has 11 heavy (non-hydrogen) atoms. The van der Waals surface area contributed by atoms with Crippen molar-refractivity contribution in [1.82, 2.24) is 0 Å². The third-order valence-corrected chi connectivity index (χ3v) is 2.05. The van der Waals surface area contributed by atoms with Gasteiger partial charge in [-0.2, -0.15) is 8.78 Å². The summed E-state index contributed by atoms with van der Waals surface area (Å²) in [6.45, 7) is 1.05. The minimum Gasteiger partial charge on any atom is -0.205 e. The average Bonchev–Trinajstić information content (AvgIpc) is 1.84. The Kier molecular flexibility index (Phi) is 3.44. The van der Waals surface area contributed by atoms with Gasteiger partial charge in [0.15, 0.2) is 5.38 Å². The molecule has 0 fully saturated rings.